The van der Waals surface area contributed by atoms with Crippen LogP contribution in [0.15, 0.2) is 0 Å². The number of carbonyl (C=O) groups excluding carboxylic acids is 1. The van der Waals surface area contributed by atoms with E-state index in [1.54, 1.807) is 0 Å². The third-order valence-corrected chi connectivity index (χ3v) is 2.93. The third kappa shape index (κ3) is 3.69. The first-order valence-electron chi connectivity index (χ1n) is 5.76. The van der Waals surface area contributed by atoms with E-state index in [0.717, 1.165) is 6.42 Å². The topological polar surface area (TPSA) is 26.3 Å². The minimum atomic E-state index is -0.120. The van der Waals surface area contributed by atoms with Gasteiger partial charge in [0.05, 0.1) is 0 Å². The normalized spacial score (nSPS) is 27.7. The molecule has 0 aromatic heterocycles. The molecule has 1 saturated carbocycles. The Morgan fingerprint density at radius 2 is 2.00 bits per heavy atom. The molecule has 1 fully saturated rings. The van der Waals surface area contributed by atoms with Gasteiger partial charge in [0.15, 0.2) is 0 Å². The molecule has 82 valence electrons. The van der Waals surface area contributed by atoms with Crippen molar-refractivity contribution in [3.63, 3.8) is 0 Å². The van der Waals surface area contributed by atoms with Gasteiger partial charge in [-0.15, -0.1) is 0 Å². The van der Waals surface area contributed by atoms with E-state index in [-0.39, 0.29) is 12.1 Å². The Kier molecular flexibility index (Phi) is 4.43. The lowest BCUT2D eigenvalue weighted by Crippen LogP contribution is -2.30. The summed E-state index contributed by atoms with van der Waals surface area (Å²) in [5.74, 6) is 1.19. The highest BCUT2D eigenvalue weighted by Crippen LogP contribution is 2.31. The molecule has 0 aliphatic heterocycles. The number of esters is 1. The molecule has 0 heterocycles. The van der Waals surface area contributed by atoms with Crippen LogP contribution >= 0.6 is 0 Å². The van der Waals surface area contributed by atoms with E-state index in [9.17, 15) is 4.79 Å². The molecule has 1 rings (SSSR count). The summed E-state index contributed by atoms with van der Waals surface area (Å²) in [6.45, 7) is 5.99. The lowest BCUT2D eigenvalue weighted by atomic mass is 9.81. The maximum atomic E-state index is 10.9. The van der Waals surface area contributed by atoms with Gasteiger partial charge in [-0.25, -0.2) is 0 Å². The summed E-state index contributed by atoms with van der Waals surface area (Å²) in [6, 6.07) is 0. The Bertz CT molecular complexity index is 187. The molecule has 2 heteroatoms. The summed E-state index contributed by atoms with van der Waals surface area (Å²) < 4.78 is 5.37. The average Bonchev–Trinajstić information content (AvgIpc) is 2.06. The number of carbonyl (C=O) groups is 1. The van der Waals surface area contributed by atoms with E-state index in [4.69, 9.17) is 4.74 Å². The van der Waals surface area contributed by atoms with Gasteiger partial charge in [0.25, 0.3) is 0 Å². The Balaban J connectivity index is 2.45. The van der Waals surface area contributed by atoms with Crippen LogP contribution in [0.2, 0.25) is 0 Å². The van der Waals surface area contributed by atoms with Gasteiger partial charge in [-0.1, -0.05) is 20.3 Å². The second-order valence-corrected chi connectivity index (χ2v) is 4.82. The summed E-state index contributed by atoms with van der Waals surface area (Å²) in [5, 5.41) is 0. The van der Waals surface area contributed by atoms with Gasteiger partial charge in [-0.2, -0.15) is 0 Å². The van der Waals surface area contributed by atoms with Crippen LogP contribution in [0.5, 0.6) is 0 Å². The van der Waals surface area contributed by atoms with Crippen molar-refractivity contribution < 1.29 is 9.53 Å². The lowest BCUT2D eigenvalue weighted by Gasteiger charge is -2.31. The highest BCUT2D eigenvalue weighted by molar-refractivity contribution is 5.66. The molecule has 2 nitrogen and oxygen atoms in total. The predicted molar refractivity (Wildman–Crippen MR) is 57.0 cm³/mol. The molecule has 14 heavy (non-hydrogen) atoms. The third-order valence-electron chi connectivity index (χ3n) is 2.93. The second kappa shape index (κ2) is 5.38. The minimum Gasteiger partial charge on any atom is -0.462 e. The quantitative estimate of drug-likeness (QED) is 0.651. The van der Waals surface area contributed by atoms with Crippen LogP contribution in [0.4, 0.5) is 0 Å². The first-order chi connectivity index (χ1) is 6.59. The molecule has 0 spiro atoms. The van der Waals surface area contributed by atoms with Gasteiger partial charge in [0.1, 0.15) is 6.10 Å². The SMILES string of the molecule is CC(=O)O[C@@H]1CCCC[C@@H]1CC(C)C. The van der Waals surface area contributed by atoms with Gasteiger partial charge >= 0.3 is 5.97 Å². The van der Waals surface area contributed by atoms with Crippen molar-refractivity contribution in [1.29, 1.82) is 0 Å². The molecule has 1 aliphatic rings. The zero-order valence-electron chi connectivity index (χ0n) is 9.58. The van der Waals surface area contributed by atoms with Crippen molar-refractivity contribution in [2.75, 3.05) is 0 Å². The van der Waals surface area contributed by atoms with Crippen molar-refractivity contribution in [3.05, 3.63) is 0 Å². The van der Waals surface area contributed by atoms with Crippen molar-refractivity contribution >= 4 is 5.97 Å². The van der Waals surface area contributed by atoms with E-state index in [1.165, 1.54) is 32.6 Å². The van der Waals surface area contributed by atoms with Crippen LogP contribution in [0.3, 0.4) is 0 Å². The fraction of sp³-hybridized carbons (Fsp3) is 0.917. The summed E-state index contributed by atoms with van der Waals surface area (Å²) in [4.78, 5) is 10.9. The van der Waals surface area contributed by atoms with Crippen molar-refractivity contribution in [2.45, 2.75) is 59.0 Å². The van der Waals surface area contributed by atoms with Crippen LogP contribution in [0.25, 0.3) is 0 Å². The van der Waals surface area contributed by atoms with E-state index < -0.39 is 0 Å². The highest BCUT2D eigenvalue weighted by atomic mass is 16.5. The van der Waals surface area contributed by atoms with Crippen molar-refractivity contribution in [2.24, 2.45) is 11.8 Å². The Morgan fingerprint density at radius 3 is 2.57 bits per heavy atom. The van der Waals surface area contributed by atoms with E-state index in [1.807, 2.05) is 0 Å². The largest absolute Gasteiger partial charge is 0.462 e. The zero-order chi connectivity index (χ0) is 10.6. The molecule has 0 unspecified atom stereocenters. The predicted octanol–water partition coefficient (Wildman–Crippen LogP) is 3.15. The zero-order valence-corrected chi connectivity index (χ0v) is 9.58. The standard InChI is InChI=1S/C12H22O2/c1-9(2)8-11-6-4-5-7-12(11)14-10(3)13/h9,11-12H,4-8H2,1-3H3/t11-,12-/m1/s1. The summed E-state index contributed by atoms with van der Waals surface area (Å²) in [5.41, 5.74) is 0. The minimum absolute atomic E-state index is 0.120. The Morgan fingerprint density at radius 1 is 1.36 bits per heavy atom. The van der Waals surface area contributed by atoms with E-state index in [0.29, 0.717) is 11.8 Å². The van der Waals surface area contributed by atoms with Gasteiger partial charge in [0.2, 0.25) is 0 Å². The molecular weight excluding hydrogens is 176 g/mol. The second-order valence-electron chi connectivity index (χ2n) is 4.82. The van der Waals surface area contributed by atoms with Crippen LogP contribution in [-0.4, -0.2) is 12.1 Å². The molecule has 0 N–H and O–H groups in total. The number of hydrogen-bond donors (Lipinski definition) is 0. The van der Waals surface area contributed by atoms with Crippen molar-refractivity contribution in [1.82, 2.24) is 0 Å². The molecule has 0 aromatic rings. The monoisotopic (exact) mass is 198 g/mol. The molecule has 0 radical (unpaired) electrons. The molecule has 0 amide bonds. The smallest absolute Gasteiger partial charge is 0.302 e. The fourth-order valence-corrected chi connectivity index (χ4v) is 2.42. The molecular formula is C12H22O2. The van der Waals surface area contributed by atoms with Gasteiger partial charge in [-0.05, 0) is 37.5 Å². The molecule has 0 aromatic carbocycles. The first kappa shape index (κ1) is 11.5. The van der Waals surface area contributed by atoms with Crippen molar-refractivity contribution in [3.8, 4) is 0 Å². The molecule has 2 atom stereocenters. The van der Waals surface area contributed by atoms with Gasteiger partial charge in [-0.3, -0.25) is 4.79 Å². The van der Waals surface area contributed by atoms with E-state index >= 15 is 0 Å². The number of rotatable bonds is 3. The fourth-order valence-electron chi connectivity index (χ4n) is 2.42. The maximum Gasteiger partial charge on any atom is 0.302 e. The van der Waals surface area contributed by atoms with Crippen LogP contribution < -0.4 is 0 Å². The van der Waals surface area contributed by atoms with E-state index in [2.05, 4.69) is 13.8 Å². The summed E-state index contributed by atoms with van der Waals surface area (Å²) >= 11 is 0. The van der Waals surface area contributed by atoms with Gasteiger partial charge in [0, 0.05) is 6.92 Å². The summed E-state index contributed by atoms with van der Waals surface area (Å²) in [6.07, 6.45) is 6.20. The van der Waals surface area contributed by atoms with Crippen LogP contribution in [0, 0.1) is 11.8 Å². The average molecular weight is 198 g/mol. The van der Waals surface area contributed by atoms with Gasteiger partial charge < -0.3 is 4.74 Å². The molecule has 0 bridgehead atoms. The highest BCUT2D eigenvalue weighted by Gasteiger charge is 2.27. The Hall–Kier alpha value is -0.530. The van der Waals surface area contributed by atoms with Crippen LogP contribution in [-0.2, 0) is 9.53 Å². The van der Waals surface area contributed by atoms with Crippen LogP contribution in [0.1, 0.15) is 52.9 Å². The summed E-state index contributed by atoms with van der Waals surface area (Å²) in [7, 11) is 0. The molecule has 0 saturated heterocycles. The number of hydrogen-bond acceptors (Lipinski definition) is 2. The maximum absolute atomic E-state index is 10.9. The lowest BCUT2D eigenvalue weighted by molar-refractivity contribution is -0.151. The Labute approximate surface area is 87.0 Å². The first-order valence-corrected chi connectivity index (χ1v) is 5.76. The molecule has 1 aliphatic carbocycles. The number of ether oxygens (including phenoxy) is 1.